The quantitative estimate of drug-likeness (QED) is 0.564. The van der Waals surface area contributed by atoms with E-state index >= 15 is 0 Å². The van der Waals surface area contributed by atoms with Crippen molar-refractivity contribution in [3.63, 3.8) is 0 Å². The molecule has 0 saturated carbocycles. The Kier molecular flexibility index (Phi) is 3.98. The number of hydrogen-bond donors (Lipinski definition) is 0. The normalized spacial score (nSPS) is 39.6. The lowest BCUT2D eigenvalue weighted by molar-refractivity contribution is 0.696. The van der Waals surface area contributed by atoms with Gasteiger partial charge >= 0.3 is 0 Å². The molecule has 0 N–H and O–H groups in total. The molecule has 0 spiro atoms. The highest BCUT2D eigenvalue weighted by molar-refractivity contribution is 7.67. The molecule has 4 rings (SSSR count). The van der Waals surface area contributed by atoms with Crippen LogP contribution in [0.15, 0.2) is 47.1 Å². The highest BCUT2D eigenvalue weighted by Gasteiger charge is 2.41. The van der Waals surface area contributed by atoms with Gasteiger partial charge < -0.3 is 0 Å². The summed E-state index contributed by atoms with van der Waals surface area (Å²) in [7, 11) is 0.411. The van der Waals surface area contributed by atoms with E-state index in [9.17, 15) is 0 Å². The van der Waals surface area contributed by atoms with Crippen molar-refractivity contribution in [1.82, 2.24) is 0 Å². The van der Waals surface area contributed by atoms with Gasteiger partial charge in [0.2, 0.25) is 0 Å². The molecular weight excluding hydrogens is 278 g/mol. The van der Waals surface area contributed by atoms with Gasteiger partial charge in [0.15, 0.2) is 0 Å². The van der Waals surface area contributed by atoms with Crippen LogP contribution < -0.4 is 0 Å². The standard InChI is InChI=1S/C18H24P2/c1-2-8-15(7-1)19-13-5-11-17(19)18-12-6-14-20(18)16-9-3-4-10-16/h1-4,7,9,17-18H,5-6,8,10-14H2. The number of allylic oxidation sites excluding steroid dienone is 8. The van der Waals surface area contributed by atoms with Gasteiger partial charge in [-0.05, 0) is 72.8 Å². The van der Waals surface area contributed by atoms with Crippen molar-refractivity contribution >= 4 is 15.8 Å². The molecule has 2 heteroatoms. The van der Waals surface area contributed by atoms with Gasteiger partial charge in [-0.25, -0.2) is 0 Å². The maximum Gasteiger partial charge on any atom is -0.00898 e. The fourth-order valence-corrected chi connectivity index (χ4v) is 11.9. The summed E-state index contributed by atoms with van der Waals surface area (Å²) in [6.07, 6.45) is 25.9. The first-order valence-corrected chi connectivity index (χ1v) is 11.4. The Balaban J connectivity index is 1.53. The molecular formula is C18H24P2. The second kappa shape index (κ2) is 5.90. The molecule has 2 aliphatic heterocycles. The molecule has 0 bridgehead atoms. The van der Waals surface area contributed by atoms with E-state index in [0.29, 0.717) is 0 Å². The van der Waals surface area contributed by atoms with Gasteiger partial charge in [0.1, 0.15) is 0 Å². The molecule has 0 aromatic heterocycles. The third-order valence-electron chi connectivity index (χ3n) is 5.28. The van der Waals surface area contributed by atoms with Gasteiger partial charge in [0, 0.05) is 0 Å². The molecule has 0 amide bonds. The summed E-state index contributed by atoms with van der Waals surface area (Å²) in [6, 6.07) is 0. The first kappa shape index (κ1) is 13.5. The van der Waals surface area contributed by atoms with Crippen molar-refractivity contribution in [3.8, 4) is 0 Å². The van der Waals surface area contributed by atoms with E-state index in [4.69, 9.17) is 0 Å². The number of hydrogen-bond acceptors (Lipinski definition) is 0. The van der Waals surface area contributed by atoms with Crippen LogP contribution in [0.25, 0.3) is 0 Å². The highest BCUT2D eigenvalue weighted by atomic mass is 31.1. The topological polar surface area (TPSA) is 0 Å². The largest absolute Gasteiger partial charge is 0.0801 e. The van der Waals surface area contributed by atoms with Crippen LogP contribution in [0.5, 0.6) is 0 Å². The van der Waals surface area contributed by atoms with E-state index in [2.05, 4.69) is 36.5 Å². The first-order chi connectivity index (χ1) is 9.93. The maximum atomic E-state index is 2.46. The van der Waals surface area contributed by atoms with E-state index < -0.39 is 0 Å². The second-order valence-electron chi connectivity index (χ2n) is 6.39. The Bertz CT molecular complexity index is 452. The van der Waals surface area contributed by atoms with Crippen molar-refractivity contribution in [2.24, 2.45) is 0 Å². The molecule has 106 valence electrons. The molecule has 2 aliphatic carbocycles. The van der Waals surface area contributed by atoms with E-state index in [1.54, 1.807) is 0 Å². The average Bonchev–Trinajstić information content (AvgIpc) is 3.23. The zero-order valence-corrected chi connectivity index (χ0v) is 14.0. The highest BCUT2D eigenvalue weighted by Crippen LogP contribution is 2.69. The molecule has 4 unspecified atom stereocenters. The van der Waals surface area contributed by atoms with Crippen molar-refractivity contribution < 1.29 is 0 Å². The van der Waals surface area contributed by atoms with Crippen LogP contribution in [0.2, 0.25) is 0 Å². The summed E-state index contributed by atoms with van der Waals surface area (Å²) >= 11 is 0. The Morgan fingerprint density at radius 2 is 1.25 bits per heavy atom. The predicted octanol–water partition coefficient (Wildman–Crippen LogP) is 5.96. The van der Waals surface area contributed by atoms with Crippen LogP contribution in [-0.2, 0) is 0 Å². The molecule has 2 heterocycles. The zero-order chi connectivity index (χ0) is 13.4. The molecule has 20 heavy (non-hydrogen) atoms. The molecule has 0 radical (unpaired) electrons. The summed E-state index contributed by atoms with van der Waals surface area (Å²) in [5.41, 5.74) is 2.15. The second-order valence-corrected chi connectivity index (χ2v) is 11.6. The van der Waals surface area contributed by atoms with Crippen molar-refractivity contribution in [3.05, 3.63) is 47.1 Å². The van der Waals surface area contributed by atoms with Gasteiger partial charge in [-0.1, -0.05) is 52.3 Å². The van der Waals surface area contributed by atoms with Crippen LogP contribution in [0.3, 0.4) is 0 Å². The van der Waals surface area contributed by atoms with E-state index in [-0.39, 0.29) is 15.8 Å². The van der Waals surface area contributed by atoms with Crippen LogP contribution in [0.1, 0.15) is 38.5 Å². The van der Waals surface area contributed by atoms with E-state index in [1.807, 2.05) is 10.6 Å². The van der Waals surface area contributed by atoms with Crippen molar-refractivity contribution in [1.29, 1.82) is 0 Å². The molecule has 0 nitrogen and oxygen atoms in total. The lowest BCUT2D eigenvalue weighted by Gasteiger charge is -2.32. The van der Waals surface area contributed by atoms with Crippen molar-refractivity contribution in [2.45, 2.75) is 49.8 Å². The Hall–Kier alpha value is -0.180. The molecule has 0 aromatic rings. The summed E-state index contributed by atoms with van der Waals surface area (Å²) < 4.78 is 0. The molecule has 2 fully saturated rings. The Labute approximate surface area is 125 Å². The average molecular weight is 302 g/mol. The smallest absolute Gasteiger partial charge is 0.00898 e. The van der Waals surface area contributed by atoms with Gasteiger partial charge in [-0.2, -0.15) is 0 Å². The van der Waals surface area contributed by atoms with Gasteiger partial charge in [-0.3, -0.25) is 0 Å². The third-order valence-corrected chi connectivity index (χ3v) is 12.1. The lowest BCUT2D eigenvalue weighted by Crippen LogP contribution is -2.18. The maximum absolute atomic E-state index is 2.46. The monoisotopic (exact) mass is 302 g/mol. The third kappa shape index (κ3) is 2.40. The Morgan fingerprint density at radius 1 is 0.750 bits per heavy atom. The summed E-state index contributed by atoms with van der Waals surface area (Å²) in [5.74, 6) is 0. The molecule has 0 aromatic carbocycles. The van der Waals surface area contributed by atoms with Crippen LogP contribution >= 0.6 is 15.8 Å². The molecule has 4 atom stereocenters. The minimum atomic E-state index is 0.205. The minimum absolute atomic E-state index is 0.205. The first-order valence-electron chi connectivity index (χ1n) is 8.18. The van der Waals surface area contributed by atoms with E-state index in [0.717, 1.165) is 11.3 Å². The fourth-order valence-electron chi connectivity index (χ4n) is 4.40. The number of rotatable bonds is 3. The summed E-state index contributed by atoms with van der Waals surface area (Å²) in [6.45, 7) is 0. The molecule has 4 aliphatic rings. The van der Waals surface area contributed by atoms with Gasteiger partial charge in [0.05, 0.1) is 0 Å². The van der Waals surface area contributed by atoms with Gasteiger partial charge in [-0.15, -0.1) is 0 Å². The zero-order valence-electron chi connectivity index (χ0n) is 12.2. The molecule has 2 saturated heterocycles. The van der Waals surface area contributed by atoms with Crippen LogP contribution in [0.4, 0.5) is 0 Å². The lowest BCUT2D eigenvalue weighted by atomic mass is 10.1. The summed E-state index contributed by atoms with van der Waals surface area (Å²) in [4.78, 5) is 0. The van der Waals surface area contributed by atoms with Crippen molar-refractivity contribution in [2.75, 3.05) is 12.3 Å². The minimum Gasteiger partial charge on any atom is -0.0801 e. The Morgan fingerprint density at radius 3 is 1.65 bits per heavy atom. The van der Waals surface area contributed by atoms with Crippen LogP contribution in [0, 0.1) is 0 Å². The predicted molar refractivity (Wildman–Crippen MR) is 93.3 cm³/mol. The SMILES string of the molecule is C1=CCC(P2CCCC2C2CCCP2C2=CC=CC2)=C1. The fraction of sp³-hybridized carbons (Fsp3) is 0.556. The van der Waals surface area contributed by atoms with Gasteiger partial charge in [0.25, 0.3) is 0 Å². The van der Waals surface area contributed by atoms with E-state index in [1.165, 1.54) is 50.8 Å². The van der Waals surface area contributed by atoms with Crippen LogP contribution in [-0.4, -0.2) is 23.6 Å². The summed E-state index contributed by atoms with van der Waals surface area (Å²) in [5, 5.41) is 3.64.